The van der Waals surface area contributed by atoms with E-state index in [1.165, 1.54) is 11.3 Å². The van der Waals surface area contributed by atoms with Crippen LogP contribution in [0.25, 0.3) is 0 Å². The van der Waals surface area contributed by atoms with E-state index in [0.717, 1.165) is 49.0 Å². The molecule has 3 rings (SSSR count). The second-order valence-corrected chi connectivity index (χ2v) is 6.19. The Hall–Kier alpha value is -1.88. The molecule has 1 amide bonds. The van der Waals surface area contributed by atoms with Crippen LogP contribution in [-0.4, -0.2) is 42.0 Å². The molecule has 1 aliphatic heterocycles. The van der Waals surface area contributed by atoms with Gasteiger partial charge in [0.15, 0.2) is 0 Å². The molecule has 4 nitrogen and oxygen atoms in total. The molecule has 0 N–H and O–H groups in total. The Labute approximate surface area is 129 Å². The first kappa shape index (κ1) is 14.1. The third kappa shape index (κ3) is 3.24. The van der Waals surface area contributed by atoms with Gasteiger partial charge in [-0.05, 0) is 36.9 Å². The first-order valence-corrected chi connectivity index (χ1v) is 8.13. The molecule has 0 bridgehead atoms. The zero-order chi connectivity index (χ0) is 14.7. The highest BCUT2D eigenvalue weighted by atomic mass is 32.1. The number of aromatic nitrogens is 1. The van der Waals surface area contributed by atoms with E-state index in [2.05, 4.69) is 9.88 Å². The van der Waals surface area contributed by atoms with Gasteiger partial charge in [0.05, 0.1) is 4.88 Å². The fourth-order valence-corrected chi connectivity index (χ4v) is 3.30. The van der Waals surface area contributed by atoms with E-state index in [0.29, 0.717) is 0 Å². The largest absolute Gasteiger partial charge is 0.355 e. The second-order valence-electron chi connectivity index (χ2n) is 5.25. The van der Waals surface area contributed by atoms with Gasteiger partial charge in [0.2, 0.25) is 0 Å². The summed E-state index contributed by atoms with van der Waals surface area (Å²) in [6.07, 6.45) is 0.979. The van der Waals surface area contributed by atoms with Crippen LogP contribution in [0.4, 0.5) is 5.82 Å². The first-order valence-electron chi connectivity index (χ1n) is 7.25. The van der Waals surface area contributed by atoms with Crippen LogP contribution in [0.15, 0.2) is 35.7 Å². The molecular formula is C16H19N3OS. The second kappa shape index (κ2) is 6.26. The quantitative estimate of drug-likeness (QED) is 0.856. The molecule has 5 heteroatoms. The van der Waals surface area contributed by atoms with Crippen LogP contribution in [-0.2, 0) is 0 Å². The lowest BCUT2D eigenvalue weighted by atomic mass is 10.3. The molecule has 0 aromatic carbocycles. The molecule has 0 saturated carbocycles. The fourth-order valence-electron chi connectivity index (χ4n) is 2.61. The Bertz CT molecular complexity index is 612. The lowest BCUT2D eigenvalue weighted by Crippen LogP contribution is -2.35. The number of thiophene rings is 1. The van der Waals surface area contributed by atoms with Crippen molar-refractivity contribution in [2.45, 2.75) is 13.3 Å². The minimum absolute atomic E-state index is 0.157. The Balaban J connectivity index is 1.68. The highest BCUT2D eigenvalue weighted by Crippen LogP contribution is 2.17. The van der Waals surface area contributed by atoms with Gasteiger partial charge >= 0.3 is 0 Å². The van der Waals surface area contributed by atoms with Crippen molar-refractivity contribution in [3.8, 4) is 0 Å². The molecule has 0 spiro atoms. The van der Waals surface area contributed by atoms with Crippen LogP contribution >= 0.6 is 11.3 Å². The lowest BCUT2D eigenvalue weighted by molar-refractivity contribution is 0.0772. The van der Waals surface area contributed by atoms with Gasteiger partial charge in [-0.2, -0.15) is 0 Å². The van der Waals surface area contributed by atoms with Crippen LogP contribution in [0.2, 0.25) is 0 Å². The normalized spacial score (nSPS) is 15.9. The number of amides is 1. The zero-order valence-electron chi connectivity index (χ0n) is 12.2. The molecule has 110 valence electrons. The maximum atomic E-state index is 12.4. The van der Waals surface area contributed by atoms with Crippen LogP contribution in [0.5, 0.6) is 0 Å². The van der Waals surface area contributed by atoms with E-state index >= 15 is 0 Å². The van der Waals surface area contributed by atoms with Gasteiger partial charge < -0.3 is 9.80 Å². The zero-order valence-corrected chi connectivity index (χ0v) is 13.0. The van der Waals surface area contributed by atoms with E-state index in [1.54, 1.807) is 0 Å². The number of hydrogen-bond donors (Lipinski definition) is 0. The van der Waals surface area contributed by atoms with Gasteiger partial charge in [0, 0.05) is 31.9 Å². The maximum Gasteiger partial charge on any atom is 0.263 e. The summed E-state index contributed by atoms with van der Waals surface area (Å²) in [6, 6.07) is 9.92. The molecule has 0 atom stereocenters. The van der Waals surface area contributed by atoms with Crippen molar-refractivity contribution in [3.05, 3.63) is 46.3 Å². The topological polar surface area (TPSA) is 36.4 Å². The molecule has 2 aromatic rings. The number of pyridine rings is 1. The number of carbonyl (C=O) groups excluding carboxylic acids is 1. The van der Waals surface area contributed by atoms with Gasteiger partial charge in [0.25, 0.3) is 5.91 Å². The summed E-state index contributed by atoms with van der Waals surface area (Å²) < 4.78 is 0. The Morgan fingerprint density at radius 3 is 2.81 bits per heavy atom. The van der Waals surface area contributed by atoms with Crippen LogP contribution in [0, 0.1) is 6.92 Å². The molecule has 1 fully saturated rings. The lowest BCUT2D eigenvalue weighted by Gasteiger charge is -2.22. The SMILES string of the molecule is Cc1cccc(N2CCCN(C(=O)c3cccs3)CC2)n1. The average Bonchev–Trinajstić information content (AvgIpc) is 2.91. The molecule has 3 heterocycles. The van der Waals surface area contributed by atoms with Gasteiger partial charge in [0.1, 0.15) is 5.82 Å². The summed E-state index contributed by atoms with van der Waals surface area (Å²) in [4.78, 5) is 22.1. The van der Waals surface area contributed by atoms with E-state index in [-0.39, 0.29) is 5.91 Å². The Morgan fingerprint density at radius 2 is 2.05 bits per heavy atom. The number of nitrogens with zero attached hydrogens (tertiary/aromatic N) is 3. The number of hydrogen-bond acceptors (Lipinski definition) is 4. The van der Waals surface area contributed by atoms with Crippen LogP contribution < -0.4 is 4.90 Å². The van der Waals surface area contributed by atoms with Crippen molar-refractivity contribution >= 4 is 23.1 Å². The monoisotopic (exact) mass is 301 g/mol. The highest BCUT2D eigenvalue weighted by molar-refractivity contribution is 7.12. The Morgan fingerprint density at radius 1 is 1.14 bits per heavy atom. The van der Waals surface area contributed by atoms with Crippen LogP contribution in [0.3, 0.4) is 0 Å². The molecule has 21 heavy (non-hydrogen) atoms. The fraction of sp³-hybridized carbons (Fsp3) is 0.375. The standard InChI is InChI=1S/C16H19N3OS/c1-13-5-2-7-15(17-13)18-8-4-9-19(11-10-18)16(20)14-6-3-12-21-14/h2-3,5-7,12H,4,8-11H2,1H3. The minimum Gasteiger partial charge on any atom is -0.355 e. The summed E-state index contributed by atoms with van der Waals surface area (Å²) in [6.45, 7) is 5.37. The van der Waals surface area contributed by atoms with E-state index in [4.69, 9.17) is 0 Å². The van der Waals surface area contributed by atoms with Crippen molar-refractivity contribution in [1.29, 1.82) is 0 Å². The molecule has 2 aromatic heterocycles. The van der Waals surface area contributed by atoms with Crippen molar-refractivity contribution in [3.63, 3.8) is 0 Å². The number of aryl methyl sites for hydroxylation is 1. The van der Waals surface area contributed by atoms with Crippen molar-refractivity contribution in [2.24, 2.45) is 0 Å². The summed E-state index contributed by atoms with van der Waals surface area (Å²) in [5.41, 5.74) is 1.03. The molecule has 1 aliphatic rings. The van der Waals surface area contributed by atoms with E-state index < -0.39 is 0 Å². The first-order chi connectivity index (χ1) is 10.2. The molecule has 0 aliphatic carbocycles. The maximum absolute atomic E-state index is 12.4. The predicted octanol–water partition coefficient (Wildman–Crippen LogP) is 2.80. The number of carbonyl (C=O) groups is 1. The van der Waals surface area contributed by atoms with Gasteiger partial charge in [-0.15, -0.1) is 11.3 Å². The summed E-state index contributed by atoms with van der Waals surface area (Å²) in [5.74, 6) is 1.17. The Kier molecular flexibility index (Phi) is 4.20. The predicted molar refractivity (Wildman–Crippen MR) is 86.0 cm³/mol. The van der Waals surface area contributed by atoms with E-state index in [9.17, 15) is 4.79 Å². The summed E-state index contributed by atoms with van der Waals surface area (Å²) in [5, 5.41) is 1.95. The van der Waals surface area contributed by atoms with Crippen LogP contribution in [0.1, 0.15) is 21.8 Å². The van der Waals surface area contributed by atoms with Gasteiger partial charge in [-0.3, -0.25) is 4.79 Å². The van der Waals surface area contributed by atoms with Gasteiger partial charge in [-0.25, -0.2) is 4.98 Å². The van der Waals surface area contributed by atoms with Crippen molar-refractivity contribution in [1.82, 2.24) is 9.88 Å². The van der Waals surface area contributed by atoms with Crippen molar-refractivity contribution < 1.29 is 4.79 Å². The number of anilines is 1. The number of rotatable bonds is 2. The third-order valence-electron chi connectivity index (χ3n) is 3.71. The third-order valence-corrected chi connectivity index (χ3v) is 4.57. The summed E-state index contributed by atoms with van der Waals surface area (Å²) in [7, 11) is 0. The summed E-state index contributed by atoms with van der Waals surface area (Å²) >= 11 is 1.51. The minimum atomic E-state index is 0.157. The van der Waals surface area contributed by atoms with E-state index in [1.807, 2.05) is 47.5 Å². The molecule has 0 radical (unpaired) electrons. The average molecular weight is 301 g/mol. The molecule has 1 saturated heterocycles. The van der Waals surface area contributed by atoms with Gasteiger partial charge in [-0.1, -0.05) is 12.1 Å². The highest BCUT2D eigenvalue weighted by Gasteiger charge is 2.21. The smallest absolute Gasteiger partial charge is 0.263 e. The van der Waals surface area contributed by atoms with Crippen molar-refractivity contribution in [2.75, 3.05) is 31.1 Å². The molecule has 0 unspecified atom stereocenters. The molecular weight excluding hydrogens is 282 g/mol.